The Kier molecular flexibility index (Phi) is 3.57. The maximum absolute atomic E-state index is 5.79. The molecule has 2 aliphatic rings. The molecular formula is C16H22N4S. The molecule has 2 saturated heterocycles. The van der Waals surface area contributed by atoms with Crippen LogP contribution in [0.15, 0.2) is 18.2 Å². The first-order chi connectivity index (χ1) is 10.3. The van der Waals surface area contributed by atoms with E-state index >= 15 is 0 Å². The fourth-order valence-electron chi connectivity index (χ4n) is 3.71. The molecule has 0 radical (unpaired) electrons. The number of nitrogens with zero attached hydrogens (tertiary/aromatic N) is 3. The summed E-state index contributed by atoms with van der Waals surface area (Å²) < 4.78 is 1.21. The molecule has 0 aliphatic carbocycles. The van der Waals surface area contributed by atoms with E-state index in [1.54, 1.807) is 11.3 Å². The van der Waals surface area contributed by atoms with Crippen LogP contribution >= 0.6 is 11.3 Å². The highest BCUT2D eigenvalue weighted by Gasteiger charge is 2.28. The smallest absolute Gasteiger partial charge is 0.181 e. The normalized spacial score (nSPS) is 24.3. The number of anilines is 1. The van der Waals surface area contributed by atoms with Crippen LogP contribution in [0.4, 0.5) is 5.13 Å². The number of nitrogens with two attached hydrogens (primary N) is 1. The van der Waals surface area contributed by atoms with E-state index in [2.05, 4.69) is 33.0 Å². The average molecular weight is 302 g/mol. The monoisotopic (exact) mass is 302 g/mol. The average Bonchev–Trinajstić information content (AvgIpc) is 2.86. The number of aromatic nitrogens is 1. The summed E-state index contributed by atoms with van der Waals surface area (Å²) in [7, 11) is 0. The third kappa shape index (κ3) is 2.78. The van der Waals surface area contributed by atoms with Crippen molar-refractivity contribution in [1.29, 1.82) is 0 Å². The Balaban J connectivity index is 1.46. The SMILES string of the molecule is Nc1nc2ccc(CN3CCN4CCCCC4C3)cc2s1. The molecule has 1 aromatic carbocycles. The van der Waals surface area contributed by atoms with Gasteiger partial charge in [-0.05, 0) is 37.1 Å². The molecule has 1 unspecified atom stereocenters. The zero-order valence-electron chi connectivity index (χ0n) is 12.3. The number of thiazole rings is 1. The number of piperazine rings is 1. The molecule has 2 fully saturated rings. The quantitative estimate of drug-likeness (QED) is 0.926. The molecule has 0 saturated carbocycles. The van der Waals surface area contributed by atoms with Gasteiger partial charge in [0, 0.05) is 32.2 Å². The largest absolute Gasteiger partial charge is 0.375 e. The molecule has 0 bridgehead atoms. The van der Waals surface area contributed by atoms with Gasteiger partial charge in [-0.3, -0.25) is 9.80 Å². The first-order valence-electron chi connectivity index (χ1n) is 7.89. The summed E-state index contributed by atoms with van der Waals surface area (Å²) >= 11 is 1.59. The fraction of sp³-hybridized carbons (Fsp3) is 0.562. The predicted molar refractivity (Wildman–Crippen MR) is 88.5 cm³/mol. The molecule has 5 heteroatoms. The Bertz CT molecular complexity index is 638. The van der Waals surface area contributed by atoms with Crippen molar-refractivity contribution in [2.24, 2.45) is 0 Å². The van der Waals surface area contributed by atoms with Crippen LogP contribution in [0.25, 0.3) is 10.2 Å². The standard InChI is InChI=1S/C16H22N4S/c17-16-18-14-5-4-12(9-15(14)21-16)10-19-7-8-20-6-2-1-3-13(20)11-19/h4-5,9,13H,1-3,6-8,10-11H2,(H2,17,18). The zero-order valence-corrected chi connectivity index (χ0v) is 13.1. The molecule has 1 atom stereocenters. The lowest BCUT2D eigenvalue weighted by Crippen LogP contribution is -2.54. The molecule has 0 amide bonds. The molecule has 2 aromatic rings. The highest BCUT2D eigenvalue weighted by molar-refractivity contribution is 7.22. The molecule has 3 heterocycles. The van der Waals surface area contributed by atoms with Gasteiger partial charge in [-0.2, -0.15) is 0 Å². The van der Waals surface area contributed by atoms with Crippen molar-refractivity contribution in [3.05, 3.63) is 23.8 Å². The molecule has 0 spiro atoms. The lowest BCUT2D eigenvalue weighted by atomic mass is 9.99. The Morgan fingerprint density at radius 2 is 2.19 bits per heavy atom. The van der Waals surface area contributed by atoms with Crippen molar-refractivity contribution < 1.29 is 0 Å². The topological polar surface area (TPSA) is 45.4 Å². The summed E-state index contributed by atoms with van der Waals surface area (Å²) in [5.41, 5.74) is 8.20. The van der Waals surface area contributed by atoms with Crippen LogP contribution in [0.2, 0.25) is 0 Å². The Hall–Kier alpha value is -1.17. The minimum atomic E-state index is 0.665. The van der Waals surface area contributed by atoms with Crippen LogP contribution < -0.4 is 5.73 Å². The third-order valence-corrected chi connectivity index (χ3v) is 5.64. The number of nitrogen functional groups attached to an aromatic ring is 1. The van der Waals surface area contributed by atoms with E-state index in [0.717, 1.165) is 18.1 Å². The molecular weight excluding hydrogens is 280 g/mol. The van der Waals surface area contributed by atoms with Crippen LogP contribution in [0.1, 0.15) is 24.8 Å². The van der Waals surface area contributed by atoms with Crippen LogP contribution in [-0.2, 0) is 6.54 Å². The molecule has 112 valence electrons. The predicted octanol–water partition coefficient (Wildman–Crippen LogP) is 2.55. The highest BCUT2D eigenvalue weighted by Crippen LogP contribution is 2.26. The first kappa shape index (κ1) is 13.5. The molecule has 4 rings (SSSR count). The lowest BCUT2D eigenvalue weighted by molar-refractivity contribution is 0.0457. The van der Waals surface area contributed by atoms with Crippen molar-refractivity contribution in [3.63, 3.8) is 0 Å². The minimum Gasteiger partial charge on any atom is -0.375 e. The summed E-state index contributed by atoms with van der Waals surface area (Å²) in [4.78, 5) is 9.63. The van der Waals surface area contributed by atoms with Crippen molar-refractivity contribution >= 4 is 26.7 Å². The van der Waals surface area contributed by atoms with Gasteiger partial charge in [0.1, 0.15) is 0 Å². The number of benzene rings is 1. The number of hydrogen-bond acceptors (Lipinski definition) is 5. The number of rotatable bonds is 2. The Labute approximate surface area is 129 Å². The van der Waals surface area contributed by atoms with Gasteiger partial charge in [-0.1, -0.05) is 23.8 Å². The van der Waals surface area contributed by atoms with E-state index < -0.39 is 0 Å². The third-order valence-electron chi connectivity index (χ3n) is 4.80. The second-order valence-corrected chi connectivity index (χ2v) is 7.34. The van der Waals surface area contributed by atoms with E-state index in [9.17, 15) is 0 Å². The van der Waals surface area contributed by atoms with Crippen LogP contribution in [0.3, 0.4) is 0 Å². The Morgan fingerprint density at radius 3 is 3.14 bits per heavy atom. The summed E-state index contributed by atoms with van der Waals surface area (Å²) in [5.74, 6) is 0. The summed E-state index contributed by atoms with van der Waals surface area (Å²) in [6.45, 7) is 6.02. The van der Waals surface area contributed by atoms with Crippen molar-refractivity contribution in [2.45, 2.75) is 31.8 Å². The molecule has 2 aliphatic heterocycles. The van der Waals surface area contributed by atoms with E-state index in [-0.39, 0.29) is 0 Å². The van der Waals surface area contributed by atoms with Gasteiger partial charge in [-0.15, -0.1) is 0 Å². The van der Waals surface area contributed by atoms with Crippen LogP contribution in [0, 0.1) is 0 Å². The summed E-state index contributed by atoms with van der Waals surface area (Å²) in [6, 6.07) is 7.36. The van der Waals surface area contributed by atoms with Gasteiger partial charge < -0.3 is 5.73 Å². The minimum absolute atomic E-state index is 0.665. The van der Waals surface area contributed by atoms with E-state index in [4.69, 9.17) is 5.73 Å². The summed E-state index contributed by atoms with van der Waals surface area (Å²) in [5, 5.41) is 0.665. The lowest BCUT2D eigenvalue weighted by Gasteiger charge is -2.44. The molecule has 21 heavy (non-hydrogen) atoms. The van der Waals surface area contributed by atoms with Gasteiger partial charge in [0.2, 0.25) is 0 Å². The molecule has 4 nitrogen and oxygen atoms in total. The van der Waals surface area contributed by atoms with Crippen molar-refractivity contribution in [1.82, 2.24) is 14.8 Å². The van der Waals surface area contributed by atoms with E-state index in [0.29, 0.717) is 5.13 Å². The zero-order chi connectivity index (χ0) is 14.2. The van der Waals surface area contributed by atoms with Crippen LogP contribution in [0.5, 0.6) is 0 Å². The number of fused-ring (bicyclic) bond motifs is 2. The van der Waals surface area contributed by atoms with Gasteiger partial charge in [0.05, 0.1) is 10.2 Å². The van der Waals surface area contributed by atoms with Gasteiger partial charge in [0.25, 0.3) is 0 Å². The number of piperidine rings is 1. The number of hydrogen-bond donors (Lipinski definition) is 1. The second kappa shape index (κ2) is 5.55. The maximum atomic E-state index is 5.79. The van der Waals surface area contributed by atoms with Crippen LogP contribution in [-0.4, -0.2) is 47.0 Å². The van der Waals surface area contributed by atoms with Crippen molar-refractivity contribution in [3.8, 4) is 0 Å². The Morgan fingerprint density at radius 1 is 1.24 bits per heavy atom. The van der Waals surface area contributed by atoms with Gasteiger partial charge >= 0.3 is 0 Å². The molecule has 1 aromatic heterocycles. The molecule has 2 N–H and O–H groups in total. The highest BCUT2D eigenvalue weighted by atomic mass is 32.1. The van der Waals surface area contributed by atoms with E-state index in [1.165, 1.54) is 55.7 Å². The summed E-state index contributed by atoms with van der Waals surface area (Å²) in [6.07, 6.45) is 4.17. The van der Waals surface area contributed by atoms with Crippen molar-refractivity contribution in [2.75, 3.05) is 31.9 Å². The maximum Gasteiger partial charge on any atom is 0.181 e. The van der Waals surface area contributed by atoms with Gasteiger partial charge in [-0.25, -0.2) is 4.98 Å². The van der Waals surface area contributed by atoms with Gasteiger partial charge in [0.15, 0.2) is 5.13 Å². The first-order valence-corrected chi connectivity index (χ1v) is 8.71. The van der Waals surface area contributed by atoms with E-state index in [1.807, 2.05) is 0 Å². The second-order valence-electron chi connectivity index (χ2n) is 6.27. The fourth-order valence-corrected chi connectivity index (χ4v) is 4.51.